The highest BCUT2D eigenvalue weighted by molar-refractivity contribution is 7.92. The molecule has 3 rings (SSSR count). The van der Waals surface area contributed by atoms with Gasteiger partial charge in [0.25, 0.3) is 15.9 Å². The van der Waals surface area contributed by atoms with E-state index in [-0.39, 0.29) is 28.6 Å². The molecule has 3 aromatic carbocycles. The molecule has 0 unspecified atom stereocenters. The number of benzene rings is 3. The van der Waals surface area contributed by atoms with E-state index >= 15 is 0 Å². The molecule has 35 heavy (non-hydrogen) atoms. The third-order valence-electron chi connectivity index (χ3n) is 4.91. The van der Waals surface area contributed by atoms with E-state index in [1.54, 1.807) is 72.8 Å². The summed E-state index contributed by atoms with van der Waals surface area (Å²) in [5, 5.41) is 5.33. The van der Waals surface area contributed by atoms with Gasteiger partial charge in [-0.2, -0.15) is 0 Å². The highest BCUT2D eigenvalue weighted by Crippen LogP contribution is 2.25. The lowest BCUT2D eigenvalue weighted by atomic mass is 10.1. The summed E-state index contributed by atoms with van der Waals surface area (Å²) in [5.74, 6) is -0.447. The SMILES string of the molecule is C=CCNC(=O)c1ccccc1NC(=O)CN(c1ccccc1)S(=O)(=O)c1ccc(OCC)cc1. The molecule has 0 atom stereocenters. The molecule has 0 fully saturated rings. The molecule has 0 aromatic heterocycles. The summed E-state index contributed by atoms with van der Waals surface area (Å²) in [7, 11) is -4.09. The molecule has 0 saturated heterocycles. The van der Waals surface area contributed by atoms with Crippen molar-refractivity contribution in [2.75, 3.05) is 29.3 Å². The molecule has 0 bridgehead atoms. The van der Waals surface area contributed by atoms with Crippen LogP contribution in [0.5, 0.6) is 5.75 Å². The summed E-state index contributed by atoms with van der Waals surface area (Å²) in [5.41, 5.74) is 0.849. The van der Waals surface area contributed by atoms with Gasteiger partial charge >= 0.3 is 0 Å². The molecule has 0 saturated carbocycles. The van der Waals surface area contributed by atoms with Crippen molar-refractivity contribution in [2.24, 2.45) is 0 Å². The van der Waals surface area contributed by atoms with Gasteiger partial charge in [-0.25, -0.2) is 8.42 Å². The van der Waals surface area contributed by atoms with Gasteiger partial charge in [-0.1, -0.05) is 36.4 Å². The fourth-order valence-electron chi connectivity index (χ4n) is 3.28. The lowest BCUT2D eigenvalue weighted by molar-refractivity contribution is -0.114. The van der Waals surface area contributed by atoms with Crippen LogP contribution in [-0.4, -0.2) is 39.9 Å². The van der Waals surface area contributed by atoms with Gasteiger partial charge in [0.2, 0.25) is 5.91 Å². The third-order valence-corrected chi connectivity index (χ3v) is 6.69. The normalized spacial score (nSPS) is 10.8. The Morgan fingerprint density at radius 2 is 1.63 bits per heavy atom. The quantitative estimate of drug-likeness (QED) is 0.395. The molecule has 0 aliphatic carbocycles. The number of rotatable bonds is 11. The van der Waals surface area contributed by atoms with Crippen LogP contribution in [0.2, 0.25) is 0 Å². The minimum absolute atomic E-state index is 0.0156. The zero-order valence-electron chi connectivity index (χ0n) is 19.3. The molecule has 0 spiro atoms. The topological polar surface area (TPSA) is 105 Å². The molecule has 2 amide bonds. The number of nitrogens with zero attached hydrogens (tertiary/aromatic N) is 1. The number of hydrogen-bond donors (Lipinski definition) is 2. The lowest BCUT2D eigenvalue weighted by Gasteiger charge is -2.24. The maximum absolute atomic E-state index is 13.5. The van der Waals surface area contributed by atoms with Gasteiger partial charge in [0.05, 0.1) is 28.4 Å². The minimum atomic E-state index is -4.09. The monoisotopic (exact) mass is 493 g/mol. The van der Waals surface area contributed by atoms with Crippen LogP contribution in [-0.2, 0) is 14.8 Å². The van der Waals surface area contributed by atoms with E-state index in [0.717, 1.165) is 4.31 Å². The van der Waals surface area contributed by atoms with E-state index in [2.05, 4.69) is 17.2 Å². The number of ether oxygens (including phenoxy) is 1. The zero-order chi connectivity index (χ0) is 25.3. The predicted molar refractivity (Wildman–Crippen MR) is 136 cm³/mol. The van der Waals surface area contributed by atoms with Gasteiger partial charge in [-0.05, 0) is 55.5 Å². The molecular formula is C26H27N3O5S. The Labute approximate surface area is 205 Å². The van der Waals surface area contributed by atoms with Crippen LogP contribution < -0.4 is 19.7 Å². The Hall–Kier alpha value is -4.11. The molecular weight excluding hydrogens is 466 g/mol. The fraction of sp³-hybridized carbons (Fsp3) is 0.154. The Morgan fingerprint density at radius 1 is 0.971 bits per heavy atom. The number of amides is 2. The summed E-state index contributed by atoms with van der Waals surface area (Å²) in [6.07, 6.45) is 1.54. The predicted octanol–water partition coefficient (Wildman–Crippen LogP) is 3.84. The maximum Gasteiger partial charge on any atom is 0.264 e. The van der Waals surface area contributed by atoms with Gasteiger partial charge in [-0.3, -0.25) is 13.9 Å². The first kappa shape index (κ1) is 25.5. The number of sulfonamides is 1. The van der Waals surface area contributed by atoms with Gasteiger partial charge in [0.1, 0.15) is 12.3 Å². The van der Waals surface area contributed by atoms with E-state index in [0.29, 0.717) is 18.0 Å². The van der Waals surface area contributed by atoms with Crippen LogP contribution in [0.25, 0.3) is 0 Å². The molecule has 9 heteroatoms. The summed E-state index contributed by atoms with van der Waals surface area (Å²) in [6, 6.07) is 20.8. The second-order valence-electron chi connectivity index (χ2n) is 7.34. The standard InChI is InChI=1S/C26H27N3O5S/c1-3-18-27-26(31)23-12-8-9-13-24(23)28-25(30)19-29(20-10-6-5-7-11-20)35(32,33)22-16-14-21(15-17-22)34-4-2/h3,5-17H,1,4,18-19H2,2H3,(H,27,31)(H,28,30). The molecule has 0 aliphatic rings. The number of para-hydroxylation sites is 2. The molecule has 8 nitrogen and oxygen atoms in total. The van der Waals surface area contributed by atoms with Crippen molar-refractivity contribution in [3.05, 3.63) is 97.1 Å². The molecule has 3 aromatic rings. The van der Waals surface area contributed by atoms with Crippen LogP contribution in [0.3, 0.4) is 0 Å². The van der Waals surface area contributed by atoms with Crippen LogP contribution in [0.4, 0.5) is 11.4 Å². The first-order valence-electron chi connectivity index (χ1n) is 11.0. The second kappa shape index (κ2) is 11.8. The third kappa shape index (κ3) is 6.48. The van der Waals surface area contributed by atoms with Crippen LogP contribution in [0.1, 0.15) is 17.3 Å². The Kier molecular flexibility index (Phi) is 8.63. The van der Waals surface area contributed by atoms with Gasteiger partial charge in [0.15, 0.2) is 0 Å². The van der Waals surface area contributed by atoms with Crippen molar-refractivity contribution in [3.63, 3.8) is 0 Å². The van der Waals surface area contributed by atoms with Crippen LogP contribution in [0, 0.1) is 0 Å². The van der Waals surface area contributed by atoms with Crippen LogP contribution >= 0.6 is 0 Å². The van der Waals surface area contributed by atoms with Crippen LogP contribution in [0.15, 0.2) is 96.4 Å². The van der Waals surface area contributed by atoms with Crippen molar-refractivity contribution < 1.29 is 22.7 Å². The molecule has 2 N–H and O–H groups in total. The van der Waals surface area contributed by atoms with E-state index in [4.69, 9.17) is 4.74 Å². The second-order valence-corrected chi connectivity index (χ2v) is 9.21. The minimum Gasteiger partial charge on any atom is -0.494 e. The van der Waals surface area contributed by atoms with Crippen molar-refractivity contribution in [1.29, 1.82) is 0 Å². The highest BCUT2D eigenvalue weighted by Gasteiger charge is 2.27. The van der Waals surface area contributed by atoms with Crippen molar-refractivity contribution >= 4 is 33.2 Å². The summed E-state index contributed by atoms with van der Waals surface area (Å²) < 4.78 is 33.4. The Balaban J connectivity index is 1.88. The fourth-order valence-corrected chi connectivity index (χ4v) is 4.70. The molecule has 0 aliphatic heterocycles. The Morgan fingerprint density at radius 3 is 2.29 bits per heavy atom. The number of hydrogen-bond acceptors (Lipinski definition) is 5. The van der Waals surface area contributed by atoms with Gasteiger partial charge in [0, 0.05) is 6.54 Å². The van der Waals surface area contributed by atoms with E-state index in [1.165, 1.54) is 12.1 Å². The summed E-state index contributed by atoms with van der Waals surface area (Å²) in [4.78, 5) is 25.5. The van der Waals surface area contributed by atoms with Gasteiger partial charge in [-0.15, -0.1) is 6.58 Å². The summed E-state index contributed by atoms with van der Waals surface area (Å²) in [6.45, 7) is 5.62. The Bertz CT molecular complexity index is 1280. The average molecular weight is 494 g/mol. The average Bonchev–Trinajstić information content (AvgIpc) is 2.87. The highest BCUT2D eigenvalue weighted by atomic mass is 32.2. The molecule has 0 heterocycles. The van der Waals surface area contributed by atoms with Crippen molar-refractivity contribution in [2.45, 2.75) is 11.8 Å². The number of nitrogens with one attached hydrogen (secondary N) is 2. The van der Waals surface area contributed by atoms with E-state index in [1.807, 2.05) is 6.92 Å². The maximum atomic E-state index is 13.5. The first-order chi connectivity index (χ1) is 16.9. The molecule has 0 radical (unpaired) electrons. The smallest absolute Gasteiger partial charge is 0.264 e. The summed E-state index contributed by atoms with van der Waals surface area (Å²) >= 11 is 0. The van der Waals surface area contributed by atoms with Crippen molar-refractivity contribution in [1.82, 2.24) is 5.32 Å². The van der Waals surface area contributed by atoms with E-state index < -0.39 is 22.5 Å². The van der Waals surface area contributed by atoms with Gasteiger partial charge < -0.3 is 15.4 Å². The number of carbonyl (C=O) groups excluding carboxylic acids is 2. The van der Waals surface area contributed by atoms with Crippen molar-refractivity contribution in [3.8, 4) is 5.75 Å². The number of carbonyl (C=O) groups is 2. The first-order valence-corrected chi connectivity index (χ1v) is 12.4. The zero-order valence-corrected chi connectivity index (χ0v) is 20.1. The van der Waals surface area contributed by atoms with E-state index in [9.17, 15) is 18.0 Å². The largest absolute Gasteiger partial charge is 0.494 e. The number of anilines is 2. The lowest BCUT2D eigenvalue weighted by Crippen LogP contribution is -2.38. The molecule has 182 valence electrons.